The number of benzene rings is 1. The summed E-state index contributed by atoms with van der Waals surface area (Å²) in [5.41, 5.74) is 2.52. The van der Waals surface area contributed by atoms with E-state index < -0.39 is 0 Å². The summed E-state index contributed by atoms with van der Waals surface area (Å²) in [6, 6.07) is 8.42. The second-order valence-electron chi connectivity index (χ2n) is 5.11. The lowest BCUT2D eigenvalue weighted by atomic mass is 10.1. The summed E-state index contributed by atoms with van der Waals surface area (Å²) in [6.07, 6.45) is 4.34. The summed E-state index contributed by atoms with van der Waals surface area (Å²) in [5, 5.41) is 2.81. The average molecular weight is 291 g/mol. The number of carbonyl (C=O) groups excluding carboxylic acids is 2. The molecule has 0 aliphatic rings. The van der Waals surface area contributed by atoms with Crippen LogP contribution in [0.25, 0.3) is 0 Å². The molecule has 0 aromatic heterocycles. The minimum Gasteiger partial charge on any atom is -0.379 e. The molecule has 0 aliphatic heterocycles. The van der Waals surface area contributed by atoms with E-state index in [1.165, 1.54) is 11.1 Å². The first kappa shape index (κ1) is 17.4. The quantitative estimate of drug-likeness (QED) is 0.503. The van der Waals surface area contributed by atoms with Crippen LogP contribution >= 0.6 is 0 Å². The van der Waals surface area contributed by atoms with Crippen LogP contribution in [0.1, 0.15) is 36.8 Å². The highest BCUT2D eigenvalue weighted by Gasteiger charge is 2.00. The van der Waals surface area contributed by atoms with Crippen molar-refractivity contribution >= 4 is 12.2 Å². The van der Waals surface area contributed by atoms with Gasteiger partial charge in [-0.15, -0.1) is 0 Å². The molecule has 0 fully saturated rings. The molecule has 0 unspecified atom stereocenters. The Morgan fingerprint density at radius 1 is 1.19 bits per heavy atom. The first-order valence-electron chi connectivity index (χ1n) is 7.56. The van der Waals surface area contributed by atoms with Crippen molar-refractivity contribution in [2.45, 2.75) is 39.0 Å². The maximum absolute atomic E-state index is 11.4. The number of hydrogen-bond donors (Lipinski definition) is 1. The molecule has 0 atom stereocenters. The van der Waals surface area contributed by atoms with Gasteiger partial charge in [0.05, 0.1) is 13.2 Å². The van der Waals surface area contributed by atoms with Gasteiger partial charge in [-0.1, -0.05) is 29.8 Å². The van der Waals surface area contributed by atoms with Gasteiger partial charge in [-0.2, -0.15) is 0 Å². The van der Waals surface area contributed by atoms with E-state index >= 15 is 0 Å². The standard InChI is InChI=1S/C17H25NO3/c1-15-6-8-16(9-7-15)10-13-21-14-11-18-17(20)5-3-2-4-12-19/h6-9,12H,2-5,10-11,13-14H2,1H3,(H,18,20). The molecule has 0 heterocycles. The van der Waals surface area contributed by atoms with Crippen molar-refractivity contribution < 1.29 is 14.3 Å². The summed E-state index contributed by atoms with van der Waals surface area (Å²) >= 11 is 0. The maximum Gasteiger partial charge on any atom is 0.220 e. The topological polar surface area (TPSA) is 55.4 Å². The SMILES string of the molecule is Cc1ccc(CCOCCNC(=O)CCCCC=O)cc1. The minimum atomic E-state index is 0.0306. The molecule has 0 spiro atoms. The van der Waals surface area contributed by atoms with Gasteiger partial charge in [0.15, 0.2) is 0 Å². The third-order valence-electron chi connectivity index (χ3n) is 3.20. The lowest BCUT2D eigenvalue weighted by molar-refractivity contribution is -0.121. The van der Waals surface area contributed by atoms with Gasteiger partial charge < -0.3 is 14.8 Å². The van der Waals surface area contributed by atoms with Crippen LogP contribution in [0.4, 0.5) is 0 Å². The highest BCUT2D eigenvalue weighted by atomic mass is 16.5. The fourth-order valence-corrected chi connectivity index (χ4v) is 1.91. The highest BCUT2D eigenvalue weighted by Crippen LogP contribution is 2.03. The first-order chi connectivity index (χ1) is 10.2. The zero-order chi connectivity index (χ0) is 15.3. The number of nitrogens with one attached hydrogen (secondary N) is 1. The number of carbonyl (C=O) groups is 2. The minimum absolute atomic E-state index is 0.0306. The van der Waals surface area contributed by atoms with Gasteiger partial charge in [0.1, 0.15) is 6.29 Å². The van der Waals surface area contributed by atoms with Gasteiger partial charge in [0, 0.05) is 19.4 Å². The van der Waals surface area contributed by atoms with Crippen molar-refractivity contribution in [3.8, 4) is 0 Å². The summed E-state index contributed by atoms with van der Waals surface area (Å²) in [5.74, 6) is 0.0306. The lowest BCUT2D eigenvalue weighted by Crippen LogP contribution is -2.27. The van der Waals surface area contributed by atoms with Gasteiger partial charge in [-0.05, 0) is 31.7 Å². The van der Waals surface area contributed by atoms with Gasteiger partial charge in [0.25, 0.3) is 0 Å². The fourth-order valence-electron chi connectivity index (χ4n) is 1.91. The van der Waals surface area contributed by atoms with Crippen LogP contribution in [0, 0.1) is 6.92 Å². The van der Waals surface area contributed by atoms with Gasteiger partial charge in [-0.3, -0.25) is 4.79 Å². The average Bonchev–Trinajstić information content (AvgIpc) is 2.49. The molecule has 1 amide bonds. The number of rotatable bonds is 11. The summed E-state index contributed by atoms with van der Waals surface area (Å²) < 4.78 is 5.50. The zero-order valence-corrected chi connectivity index (χ0v) is 12.8. The molecule has 4 heteroatoms. The molecule has 1 aromatic rings. The van der Waals surface area contributed by atoms with E-state index in [9.17, 15) is 9.59 Å². The van der Waals surface area contributed by atoms with Crippen LogP contribution in [0.5, 0.6) is 0 Å². The van der Waals surface area contributed by atoms with E-state index in [0.717, 1.165) is 25.5 Å². The second kappa shape index (κ2) is 11.0. The Bertz CT molecular complexity index is 415. The normalized spacial score (nSPS) is 10.3. The lowest BCUT2D eigenvalue weighted by Gasteiger charge is -2.06. The molecule has 1 rings (SSSR count). The Kier molecular flexibility index (Phi) is 9.13. The van der Waals surface area contributed by atoms with Crippen molar-refractivity contribution in [2.75, 3.05) is 19.8 Å². The third-order valence-corrected chi connectivity index (χ3v) is 3.20. The van der Waals surface area contributed by atoms with Crippen LogP contribution in [-0.4, -0.2) is 32.0 Å². The molecule has 116 valence electrons. The molecule has 0 saturated carbocycles. The van der Waals surface area contributed by atoms with E-state index in [4.69, 9.17) is 4.74 Å². The van der Waals surface area contributed by atoms with Crippen LogP contribution in [0.2, 0.25) is 0 Å². The Labute approximate surface area is 126 Å². The molecule has 0 bridgehead atoms. The third kappa shape index (κ3) is 8.97. The summed E-state index contributed by atoms with van der Waals surface area (Å²) in [6.45, 7) is 3.81. The summed E-state index contributed by atoms with van der Waals surface area (Å²) in [4.78, 5) is 21.6. The Hall–Kier alpha value is -1.68. The van der Waals surface area contributed by atoms with Crippen LogP contribution in [0.3, 0.4) is 0 Å². The zero-order valence-electron chi connectivity index (χ0n) is 12.8. The smallest absolute Gasteiger partial charge is 0.220 e. The molecule has 1 N–H and O–H groups in total. The van der Waals surface area contributed by atoms with E-state index in [-0.39, 0.29) is 5.91 Å². The van der Waals surface area contributed by atoms with Gasteiger partial charge in [0.2, 0.25) is 5.91 Å². The number of aryl methyl sites for hydroxylation is 1. The Balaban J connectivity index is 1.95. The van der Waals surface area contributed by atoms with Crippen LogP contribution in [-0.2, 0) is 20.7 Å². The largest absolute Gasteiger partial charge is 0.379 e. The Morgan fingerprint density at radius 3 is 2.67 bits per heavy atom. The van der Waals surface area contributed by atoms with Crippen molar-refractivity contribution in [1.82, 2.24) is 5.32 Å². The predicted molar refractivity (Wildman–Crippen MR) is 83.2 cm³/mol. The fraction of sp³-hybridized carbons (Fsp3) is 0.529. The number of aldehydes is 1. The molecule has 1 aromatic carbocycles. The van der Waals surface area contributed by atoms with Crippen LogP contribution in [0.15, 0.2) is 24.3 Å². The van der Waals surface area contributed by atoms with Crippen molar-refractivity contribution in [2.24, 2.45) is 0 Å². The predicted octanol–water partition coefficient (Wildman–Crippen LogP) is 2.43. The Morgan fingerprint density at radius 2 is 1.95 bits per heavy atom. The molecular formula is C17H25NO3. The van der Waals surface area contributed by atoms with Crippen molar-refractivity contribution in [1.29, 1.82) is 0 Å². The van der Waals surface area contributed by atoms with E-state index in [1.807, 2.05) is 0 Å². The number of amides is 1. The van der Waals surface area contributed by atoms with E-state index in [1.54, 1.807) is 0 Å². The summed E-state index contributed by atoms with van der Waals surface area (Å²) in [7, 11) is 0. The molecular weight excluding hydrogens is 266 g/mol. The van der Waals surface area contributed by atoms with Gasteiger partial charge in [-0.25, -0.2) is 0 Å². The van der Waals surface area contributed by atoms with Crippen molar-refractivity contribution in [3.05, 3.63) is 35.4 Å². The number of unbranched alkanes of at least 4 members (excludes halogenated alkanes) is 2. The number of hydrogen-bond acceptors (Lipinski definition) is 3. The molecule has 0 saturated heterocycles. The van der Waals surface area contributed by atoms with Crippen molar-refractivity contribution in [3.63, 3.8) is 0 Å². The van der Waals surface area contributed by atoms with Crippen LogP contribution < -0.4 is 5.32 Å². The number of ether oxygens (including phenoxy) is 1. The second-order valence-corrected chi connectivity index (χ2v) is 5.11. The monoisotopic (exact) mass is 291 g/mol. The molecule has 0 aliphatic carbocycles. The molecule has 21 heavy (non-hydrogen) atoms. The highest BCUT2D eigenvalue weighted by molar-refractivity contribution is 5.75. The van der Waals surface area contributed by atoms with Gasteiger partial charge >= 0.3 is 0 Å². The molecule has 0 radical (unpaired) electrons. The first-order valence-corrected chi connectivity index (χ1v) is 7.56. The van der Waals surface area contributed by atoms with E-state index in [0.29, 0.717) is 32.6 Å². The molecule has 4 nitrogen and oxygen atoms in total. The maximum atomic E-state index is 11.4. The van der Waals surface area contributed by atoms with E-state index in [2.05, 4.69) is 36.5 Å².